The van der Waals surface area contributed by atoms with Gasteiger partial charge in [-0.2, -0.15) is 0 Å². The fourth-order valence-corrected chi connectivity index (χ4v) is 2.96. The molecule has 0 fully saturated rings. The second-order valence-electron chi connectivity index (χ2n) is 4.96. The number of benzene rings is 1. The Hall–Kier alpha value is -1.26. The maximum Gasteiger partial charge on any atom is 0.137 e. The zero-order valence-electron chi connectivity index (χ0n) is 12.4. The van der Waals surface area contributed by atoms with Crippen LogP contribution in [0.15, 0.2) is 41.1 Å². The van der Waals surface area contributed by atoms with E-state index < -0.39 is 0 Å². The van der Waals surface area contributed by atoms with E-state index in [1.54, 1.807) is 6.07 Å². The minimum atomic E-state index is -0.215. The summed E-state index contributed by atoms with van der Waals surface area (Å²) in [4.78, 5) is 4.20. The van der Waals surface area contributed by atoms with Crippen molar-refractivity contribution in [3.63, 3.8) is 0 Å². The molecule has 112 valence electrons. The van der Waals surface area contributed by atoms with Gasteiger partial charge in [-0.25, -0.2) is 4.39 Å². The van der Waals surface area contributed by atoms with Gasteiger partial charge < -0.3 is 5.32 Å². The molecule has 0 spiro atoms. The van der Waals surface area contributed by atoms with E-state index in [1.807, 2.05) is 18.5 Å². The topological polar surface area (TPSA) is 24.9 Å². The molecule has 2 aromatic rings. The Morgan fingerprint density at radius 1 is 1.24 bits per heavy atom. The normalized spacial score (nSPS) is 12.4. The van der Waals surface area contributed by atoms with Crippen molar-refractivity contribution in [3.8, 4) is 0 Å². The summed E-state index contributed by atoms with van der Waals surface area (Å²) in [6.45, 7) is 5.07. The van der Waals surface area contributed by atoms with E-state index in [0.717, 1.165) is 24.9 Å². The lowest BCUT2D eigenvalue weighted by molar-refractivity contribution is 0.540. The number of hydrogen-bond donors (Lipinski definition) is 1. The van der Waals surface area contributed by atoms with Gasteiger partial charge in [0.1, 0.15) is 5.82 Å². The Bertz CT molecular complexity index is 601. The summed E-state index contributed by atoms with van der Waals surface area (Å²) in [6, 6.07) is 7.40. The molecule has 0 amide bonds. The SMILES string of the molecule is CCNC(Cc1cccc(F)c1Br)c1ccncc1CC. The lowest BCUT2D eigenvalue weighted by Crippen LogP contribution is -2.24. The van der Waals surface area contributed by atoms with Gasteiger partial charge in [0.05, 0.1) is 4.47 Å². The van der Waals surface area contributed by atoms with Crippen LogP contribution >= 0.6 is 15.9 Å². The predicted molar refractivity (Wildman–Crippen MR) is 87.8 cm³/mol. The molecule has 0 saturated heterocycles. The summed E-state index contributed by atoms with van der Waals surface area (Å²) in [6.07, 6.45) is 5.42. The Kier molecular flexibility index (Phi) is 5.88. The molecule has 1 aromatic carbocycles. The van der Waals surface area contributed by atoms with Crippen LogP contribution in [0.3, 0.4) is 0 Å². The molecule has 4 heteroatoms. The standard InChI is InChI=1S/C17H20BrFN2/c1-3-12-11-20-9-8-14(12)16(21-4-2)10-13-6-5-7-15(19)17(13)18/h5-9,11,16,21H,3-4,10H2,1-2H3. The Balaban J connectivity index is 2.33. The maximum absolute atomic E-state index is 13.7. The summed E-state index contributed by atoms with van der Waals surface area (Å²) < 4.78 is 14.2. The van der Waals surface area contributed by atoms with Crippen molar-refractivity contribution in [3.05, 3.63) is 63.6 Å². The van der Waals surface area contributed by atoms with Gasteiger partial charge in [-0.15, -0.1) is 0 Å². The van der Waals surface area contributed by atoms with Gasteiger partial charge in [0, 0.05) is 18.4 Å². The van der Waals surface area contributed by atoms with E-state index in [9.17, 15) is 4.39 Å². The van der Waals surface area contributed by atoms with Crippen molar-refractivity contribution < 1.29 is 4.39 Å². The van der Waals surface area contributed by atoms with Gasteiger partial charge >= 0.3 is 0 Å². The van der Waals surface area contributed by atoms with Gasteiger partial charge in [-0.05, 0) is 64.1 Å². The van der Waals surface area contributed by atoms with Crippen molar-refractivity contribution in [1.82, 2.24) is 10.3 Å². The summed E-state index contributed by atoms with van der Waals surface area (Å²) in [5.74, 6) is -0.215. The van der Waals surface area contributed by atoms with Crippen LogP contribution in [0, 0.1) is 5.82 Å². The molecule has 1 atom stereocenters. The van der Waals surface area contributed by atoms with Crippen LogP contribution in [0.5, 0.6) is 0 Å². The lowest BCUT2D eigenvalue weighted by Gasteiger charge is -2.21. The van der Waals surface area contributed by atoms with Crippen LogP contribution in [0.4, 0.5) is 4.39 Å². The highest BCUT2D eigenvalue weighted by atomic mass is 79.9. The minimum Gasteiger partial charge on any atom is -0.310 e. The molecule has 0 aliphatic rings. The first-order chi connectivity index (χ1) is 10.2. The third-order valence-electron chi connectivity index (χ3n) is 3.60. The Labute approximate surface area is 133 Å². The molecule has 0 radical (unpaired) electrons. The van der Waals surface area contributed by atoms with Crippen molar-refractivity contribution in [1.29, 1.82) is 0 Å². The third-order valence-corrected chi connectivity index (χ3v) is 4.49. The lowest BCUT2D eigenvalue weighted by atomic mass is 9.95. The van der Waals surface area contributed by atoms with Crippen LogP contribution in [0.1, 0.15) is 36.6 Å². The predicted octanol–water partition coefficient (Wildman–Crippen LogP) is 4.44. The van der Waals surface area contributed by atoms with E-state index in [-0.39, 0.29) is 11.9 Å². The first-order valence-corrected chi connectivity index (χ1v) is 8.05. The summed E-state index contributed by atoms with van der Waals surface area (Å²) in [5, 5.41) is 3.50. The van der Waals surface area contributed by atoms with Crippen LogP contribution in [-0.2, 0) is 12.8 Å². The first kappa shape index (κ1) is 16.1. The molecular weight excluding hydrogens is 331 g/mol. The molecule has 1 aromatic heterocycles. The number of rotatable bonds is 6. The third kappa shape index (κ3) is 3.89. The fourth-order valence-electron chi connectivity index (χ4n) is 2.54. The van der Waals surface area contributed by atoms with Gasteiger partial charge in [0.2, 0.25) is 0 Å². The molecule has 0 aliphatic carbocycles. The van der Waals surface area contributed by atoms with Crippen LogP contribution in [-0.4, -0.2) is 11.5 Å². The Morgan fingerprint density at radius 3 is 2.76 bits per heavy atom. The number of nitrogens with zero attached hydrogens (tertiary/aromatic N) is 1. The van der Waals surface area contributed by atoms with E-state index >= 15 is 0 Å². The zero-order valence-corrected chi connectivity index (χ0v) is 14.0. The molecule has 2 rings (SSSR count). The second kappa shape index (κ2) is 7.66. The van der Waals surface area contributed by atoms with E-state index in [0.29, 0.717) is 4.47 Å². The highest BCUT2D eigenvalue weighted by Gasteiger charge is 2.16. The highest BCUT2D eigenvalue weighted by Crippen LogP contribution is 2.27. The molecule has 0 bridgehead atoms. The van der Waals surface area contributed by atoms with E-state index in [4.69, 9.17) is 0 Å². The van der Waals surface area contributed by atoms with Gasteiger partial charge in [-0.3, -0.25) is 4.98 Å². The first-order valence-electron chi connectivity index (χ1n) is 7.26. The van der Waals surface area contributed by atoms with Crippen molar-refractivity contribution in [2.75, 3.05) is 6.54 Å². The quantitative estimate of drug-likeness (QED) is 0.832. The molecule has 21 heavy (non-hydrogen) atoms. The number of halogens is 2. The number of likely N-dealkylation sites (N-methyl/N-ethyl adjacent to an activating group) is 1. The van der Waals surface area contributed by atoms with Crippen LogP contribution < -0.4 is 5.32 Å². The number of nitrogens with one attached hydrogen (secondary N) is 1. The van der Waals surface area contributed by atoms with Crippen molar-refractivity contribution >= 4 is 15.9 Å². The molecule has 1 N–H and O–H groups in total. The molecule has 0 aliphatic heterocycles. The largest absolute Gasteiger partial charge is 0.310 e. The number of pyridine rings is 1. The molecule has 0 saturated carbocycles. The van der Waals surface area contributed by atoms with Crippen LogP contribution in [0.2, 0.25) is 0 Å². The minimum absolute atomic E-state index is 0.158. The van der Waals surface area contributed by atoms with Gasteiger partial charge in [0.15, 0.2) is 0 Å². The van der Waals surface area contributed by atoms with Crippen molar-refractivity contribution in [2.24, 2.45) is 0 Å². The molecular formula is C17H20BrFN2. The highest BCUT2D eigenvalue weighted by molar-refractivity contribution is 9.10. The monoisotopic (exact) mass is 350 g/mol. The smallest absolute Gasteiger partial charge is 0.137 e. The number of aryl methyl sites for hydroxylation is 1. The second-order valence-corrected chi connectivity index (χ2v) is 5.75. The number of aromatic nitrogens is 1. The van der Waals surface area contributed by atoms with E-state index in [2.05, 4.69) is 46.1 Å². The van der Waals surface area contributed by atoms with Crippen LogP contribution in [0.25, 0.3) is 0 Å². The summed E-state index contributed by atoms with van der Waals surface area (Å²) >= 11 is 3.35. The average molecular weight is 351 g/mol. The molecule has 1 unspecified atom stereocenters. The number of hydrogen-bond acceptors (Lipinski definition) is 2. The maximum atomic E-state index is 13.7. The molecule has 2 nitrogen and oxygen atoms in total. The molecule has 1 heterocycles. The fraction of sp³-hybridized carbons (Fsp3) is 0.353. The van der Waals surface area contributed by atoms with Crippen molar-refractivity contribution in [2.45, 2.75) is 32.7 Å². The summed E-state index contributed by atoms with van der Waals surface area (Å²) in [7, 11) is 0. The average Bonchev–Trinajstić information content (AvgIpc) is 2.51. The zero-order chi connectivity index (χ0) is 15.2. The van der Waals surface area contributed by atoms with Gasteiger partial charge in [-0.1, -0.05) is 26.0 Å². The Morgan fingerprint density at radius 2 is 2.05 bits per heavy atom. The van der Waals surface area contributed by atoms with E-state index in [1.165, 1.54) is 17.2 Å². The summed E-state index contributed by atoms with van der Waals surface area (Å²) in [5.41, 5.74) is 3.45. The van der Waals surface area contributed by atoms with Gasteiger partial charge in [0.25, 0.3) is 0 Å².